The van der Waals surface area contributed by atoms with Gasteiger partial charge in [0, 0.05) is 12.1 Å². The monoisotopic (exact) mass is 330 g/mol. The molecule has 7 nitrogen and oxygen atoms in total. The second-order valence-electron chi connectivity index (χ2n) is 5.08. The summed E-state index contributed by atoms with van der Waals surface area (Å²) in [5.74, 6) is 0.110. The number of nitrogens with one attached hydrogen (secondary N) is 1. The van der Waals surface area contributed by atoms with Gasteiger partial charge in [0.25, 0.3) is 5.91 Å². The van der Waals surface area contributed by atoms with Crippen molar-refractivity contribution in [1.29, 1.82) is 0 Å². The van der Waals surface area contributed by atoms with Crippen LogP contribution in [0.15, 0.2) is 48.5 Å². The van der Waals surface area contributed by atoms with E-state index in [1.165, 1.54) is 25.3 Å². The van der Waals surface area contributed by atoms with Crippen LogP contribution < -0.4 is 14.8 Å². The van der Waals surface area contributed by atoms with Crippen molar-refractivity contribution in [3.63, 3.8) is 0 Å². The van der Waals surface area contributed by atoms with Gasteiger partial charge in [-0.2, -0.15) is 0 Å². The van der Waals surface area contributed by atoms with Crippen LogP contribution in [0.25, 0.3) is 0 Å². The Kier molecular flexibility index (Phi) is 5.73. The SMILES string of the molecule is COc1cc(OCC(=O)N[C@H](C)c2ccccc2)ccc1[N+](=O)[O-]. The molecule has 0 unspecified atom stereocenters. The van der Waals surface area contributed by atoms with Crippen molar-refractivity contribution in [2.75, 3.05) is 13.7 Å². The van der Waals surface area contributed by atoms with Crippen molar-refractivity contribution < 1.29 is 19.2 Å². The predicted octanol–water partition coefficient (Wildman–Crippen LogP) is 2.86. The molecule has 1 atom stereocenters. The molecule has 0 radical (unpaired) electrons. The van der Waals surface area contributed by atoms with E-state index >= 15 is 0 Å². The molecule has 0 aliphatic rings. The van der Waals surface area contributed by atoms with E-state index in [2.05, 4.69) is 5.32 Å². The molecule has 1 amide bonds. The molecule has 2 aromatic carbocycles. The highest BCUT2D eigenvalue weighted by Crippen LogP contribution is 2.30. The average molecular weight is 330 g/mol. The quantitative estimate of drug-likeness (QED) is 0.622. The van der Waals surface area contributed by atoms with Gasteiger partial charge in [0.05, 0.1) is 18.1 Å². The molecule has 2 rings (SSSR count). The second kappa shape index (κ2) is 7.96. The van der Waals surface area contributed by atoms with Gasteiger partial charge in [-0.15, -0.1) is 0 Å². The molecule has 0 heterocycles. The molecule has 0 spiro atoms. The van der Waals surface area contributed by atoms with Gasteiger partial charge in [0.2, 0.25) is 5.75 Å². The molecule has 0 bridgehead atoms. The van der Waals surface area contributed by atoms with E-state index in [1.807, 2.05) is 37.3 Å². The lowest BCUT2D eigenvalue weighted by molar-refractivity contribution is -0.385. The van der Waals surface area contributed by atoms with Gasteiger partial charge >= 0.3 is 5.69 Å². The summed E-state index contributed by atoms with van der Waals surface area (Å²) in [4.78, 5) is 22.2. The first-order valence-electron chi connectivity index (χ1n) is 7.31. The maximum atomic E-state index is 12.0. The lowest BCUT2D eigenvalue weighted by Crippen LogP contribution is -2.31. The third-order valence-electron chi connectivity index (χ3n) is 3.39. The van der Waals surface area contributed by atoms with Crippen LogP contribution in [-0.4, -0.2) is 24.5 Å². The minimum absolute atomic E-state index is 0.0792. The van der Waals surface area contributed by atoms with E-state index in [0.717, 1.165) is 5.56 Å². The summed E-state index contributed by atoms with van der Waals surface area (Å²) in [6, 6.07) is 13.5. The van der Waals surface area contributed by atoms with Crippen molar-refractivity contribution in [2.24, 2.45) is 0 Å². The molecule has 0 aliphatic heterocycles. The molecule has 24 heavy (non-hydrogen) atoms. The fourth-order valence-electron chi connectivity index (χ4n) is 2.16. The molecule has 0 aliphatic carbocycles. The number of nitrogens with zero attached hydrogens (tertiary/aromatic N) is 1. The fraction of sp³-hybridized carbons (Fsp3) is 0.235. The number of carbonyl (C=O) groups is 1. The number of methoxy groups -OCH3 is 1. The van der Waals surface area contributed by atoms with E-state index in [0.29, 0.717) is 5.75 Å². The zero-order chi connectivity index (χ0) is 17.5. The Hall–Kier alpha value is -3.09. The molecular weight excluding hydrogens is 312 g/mol. The zero-order valence-corrected chi connectivity index (χ0v) is 13.4. The lowest BCUT2D eigenvalue weighted by Gasteiger charge is -2.14. The third kappa shape index (κ3) is 4.45. The van der Waals surface area contributed by atoms with E-state index in [1.54, 1.807) is 0 Å². The summed E-state index contributed by atoms with van der Waals surface area (Å²) in [6.45, 7) is 1.68. The Morgan fingerprint density at radius 1 is 1.25 bits per heavy atom. The highest BCUT2D eigenvalue weighted by atomic mass is 16.6. The van der Waals surface area contributed by atoms with Gasteiger partial charge in [0.15, 0.2) is 6.61 Å². The van der Waals surface area contributed by atoms with Gasteiger partial charge in [0.1, 0.15) is 5.75 Å². The molecule has 7 heteroatoms. The van der Waals surface area contributed by atoms with Crippen LogP contribution in [0, 0.1) is 10.1 Å². The fourth-order valence-corrected chi connectivity index (χ4v) is 2.16. The van der Waals surface area contributed by atoms with Crippen LogP contribution >= 0.6 is 0 Å². The number of nitro groups is 1. The maximum Gasteiger partial charge on any atom is 0.311 e. The zero-order valence-electron chi connectivity index (χ0n) is 13.4. The maximum absolute atomic E-state index is 12.0. The molecule has 0 fully saturated rings. The van der Waals surface area contributed by atoms with Crippen molar-refractivity contribution >= 4 is 11.6 Å². The molecule has 1 N–H and O–H groups in total. The summed E-state index contributed by atoms with van der Waals surface area (Å²) < 4.78 is 10.3. The van der Waals surface area contributed by atoms with Gasteiger partial charge in [-0.3, -0.25) is 14.9 Å². The molecule has 0 saturated carbocycles. The largest absolute Gasteiger partial charge is 0.490 e. The molecule has 0 aromatic heterocycles. The average Bonchev–Trinajstić information content (AvgIpc) is 2.60. The van der Waals surface area contributed by atoms with Crippen molar-refractivity contribution in [2.45, 2.75) is 13.0 Å². The van der Waals surface area contributed by atoms with E-state index in [-0.39, 0.29) is 30.0 Å². The Bertz CT molecular complexity index is 718. The number of rotatable bonds is 7. The standard InChI is InChI=1S/C17H18N2O5/c1-12(13-6-4-3-5-7-13)18-17(20)11-24-14-8-9-15(19(21)22)16(10-14)23-2/h3-10,12H,11H2,1-2H3,(H,18,20)/t12-/m1/s1. The van der Waals surface area contributed by atoms with Crippen molar-refractivity contribution in [1.82, 2.24) is 5.32 Å². The predicted molar refractivity (Wildman–Crippen MR) is 88.1 cm³/mol. The van der Waals surface area contributed by atoms with Crippen molar-refractivity contribution in [3.05, 3.63) is 64.2 Å². The van der Waals surface area contributed by atoms with Gasteiger partial charge in [-0.1, -0.05) is 30.3 Å². The minimum Gasteiger partial charge on any atom is -0.490 e. The van der Waals surface area contributed by atoms with Gasteiger partial charge in [-0.05, 0) is 18.6 Å². The normalized spacial score (nSPS) is 11.4. The number of carbonyl (C=O) groups excluding carboxylic acids is 1. The van der Waals surface area contributed by atoms with E-state index in [9.17, 15) is 14.9 Å². The first kappa shape index (κ1) is 17.3. The van der Waals surface area contributed by atoms with Crippen LogP contribution in [0.4, 0.5) is 5.69 Å². The van der Waals surface area contributed by atoms with Gasteiger partial charge < -0.3 is 14.8 Å². The highest BCUT2D eigenvalue weighted by Gasteiger charge is 2.16. The summed E-state index contributed by atoms with van der Waals surface area (Å²) in [5, 5.41) is 13.7. The molecule has 2 aromatic rings. The molecule has 0 saturated heterocycles. The van der Waals surface area contributed by atoms with Crippen LogP contribution in [0.5, 0.6) is 11.5 Å². The Morgan fingerprint density at radius 3 is 2.58 bits per heavy atom. The molecular formula is C17H18N2O5. The van der Waals surface area contributed by atoms with Gasteiger partial charge in [-0.25, -0.2) is 0 Å². The van der Waals surface area contributed by atoms with E-state index < -0.39 is 4.92 Å². The first-order chi connectivity index (χ1) is 11.5. The van der Waals surface area contributed by atoms with Crippen LogP contribution in [0.1, 0.15) is 18.5 Å². The van der Waals surface area contributed by atoms with Crippen LogP contribution in [0.3, 0.4) is 0 Å². The Morgan fingerprint density at radius 2 is 1.96 bits per heavy atom. The van der Waals surface area contributed by atoms with E-state index in [4.69, 9.17) is 9.47 Å². The van der Waals surface area contributed by atoms with Crippen LogP contribution in [0.2, 0.25) is 0 Å². The first-order valence-corrected chi connectivity index (χ1v) is 7.31. The highest BCUT2D eigenvalue weighted by molar-refractivity contribution is 5.78. The smallest absolute Gasteiger partial charge is 0.311 e. The second-order valence-corrected chi connectivity index (χ2v) is 5.08. The Balaban J connectivity index is 1.93. The summed E-state index contributed by atoms with van der Waals surface area (Å²) in [7, 11) is 1.33. The molecule has 126 valence electrons. The summed E-state index contributed by atoms with van der Waals surface area (Å²) >= 11 is 0. The number of ether oxygens (including phenoxy) is 2. The number of nitro benzene ring substituents is 1. The summed E-state index contributed by atoms with van der Waals surface area (Å²) in [6.07, 6.45) is 0. The number of hydrogen-bond donors (Lipinski definition) is 1. The topological polar surface area (TPSA) is 90.7 Å². The van der Waals surface area contributed by atoms with Crippen molar-refractivity contribution in [3.8, 4) is 11.5 Å². The number of amides is 1. The lowest BCUT2D eigenvalue weighted by atomic mass is 10.1. The number of hydrogen-bond acceptors (Lipinski definition) is 5. The summed E-state index contributed by atoms with van der Waals surface area (Å²) in [5.41, 5.74) is 0.829. The minimum atomic E-state index is -0.545. The number of benzene rings is 2. The third-order valence-corrected chi connectivity index (χ3v) is 3.39. The van der Waals surface area contributed by atoms with Crippen LogP contribution in [-0.2, 0) is 4.79 Å². The Labute approximate surface area is 139 Å².